The molecule has 114 valence electrons. The van der Waals surface area contributed by atoms with Crippen LogP contribution in [0.4, 0.5) is 8.78 Å². The highest BCUT2D eigenvalue weighted by atomic mass is 19.1. The summed E-state index contributed by atoms with van der Waals surface area (Å²) in [4.78, 5) is 8.20. The van der Waals surface area contributed by atoms with Gasteiger partial charge < -0.3 is 4.57 Å². The molecule has 0 bridgehead atoms. The number of halogens is 2. The molecule has 1 aromatic carbocycles. The van der Waals surface area contributed by atoms with E-state index in [1.54, 1.807) is 19.1 Å². The lowest BCUT2D eigenvalue weighted by molar-refractivity contribution is 0.600. The van der Waals surface area contributed by atoms with E-state index in [9.17, 15) is 8.78 Å². The second-order valence-electron chi connectivity index (χ2n) is 5.75. The predicted molar refractivity (Wildman–Crippen MR) is 82.7 cm³/mol. The molecule has 0 atom stereocenters. The van der Waals surface area contributed by atoms with Crippen molar-refractivity contribution in [2.24, 2.45) is 0 Å². The highest BCUT2D eigenvalue weighted by Crippen LogP contribution is 2.30. The van der Waals surface area contributed by atoms with Crippen molar-refractivity contribution < 1.29 is 8.78 Å². The molecule has 0 fully saturated rings. The monoisotopic (exact) mass is 301 g/mol. The maximum absolute atomic E-state index is 14.4. The Bertz CT molecular complexity index is 866. The van der Waals surface area contributed by atoms with Gasteiger partial charge in [0.25, 0.3) is 0 Å². The first-order valence-electron chi connectivity index (χ1n) is 7.19. The van der Waals surface area contributed by atoms with Crippen LogP contribution in [0, 0.1) is 25.5 Å². The molecule has 0 saturated carbocycles. The number of hydrogen-bond donors (Lipinski definition) is 0. The molecule has 0 saturated heterocycles. The smallest absolute Gasteiger partial charge is 0.151 e. The lowest BCUT2D eigenvalue weighted by Crippen LogP contribution is -2.03. The molecule has 3 rings (SSSR count). The van der Waals surface area contributed by atoms with E-state index >= 15 is 0 Å². The van der Waals surface area contributed by atoms with Crippen molar-refractivity contribution in [2.75, 3.05) is 0 Å². The van der Waals surface area contributed by atoms with Crippen molar-refractivity contribution in [3.8, 4) is 11.1 Å². The molecule has 0 aliphatic rings. The summed E-state index contributed by atoms with van der Waals surface area (Å²) in [7, 11) is 0. The van der Waals surface area contributed by atoms with Gasteiger partial charge in [-0.05, 0) is 51.5 Å². The Kier molecular flexibility index (Phi) is 3.43. The molecule has 3 aromatic rings. The number of aromatic nitrogens is 3. The summed E-state index contributed by atoms with van der Waals surface area (Å²) in [6, 6.07) is 4.88. The fraction of sp³-hybridized carbons (Fsp3) is 0.294. The Morgan fingerprint density at radius 2 is 1.77 bits per heavy atom. The SMILES string of the molecule is Cc1cc(-c2cc(F)c3nc(C)n(C(C)C)c3c2)c(F)cn1. The highest BCUT2D eigenvalue weighted by molar-refractivity contribution is 5.83. The van der Waals surface area contributed by atoms with E-state index in [1.807, 2.05) is 25.3 Å². The Balaban J connectivity index is 2.32. The van der Waals surface area contributed by atoms with Crippen molar-refractivity contribution in [3.05, 3.63) is 47.5 Å². The van der Waals surface area contributed by atoms with E-state index in [1.165, 1.54) is 6.07 Å². The van der Waals surface area contributed by atoms with Gasteiger partial charge >= 0.3 is 0 Å². The number of pyridine rings is 1. The minimum Gasteiger partial charge on any atom is -0.326 e. The third kappa shape index (κ3) is 2.26. The fourth-order valence-electron chi connectivity index (χ4n) is 2.84. The van der Waals surface area contributed by atoms with E-state index in [4.69, 9.17) is 0 Å². The Labute approximate surface area is 127 Å². The van der Waals surface area contributed by atoms with Crippen molar-refractivity contribution in [3.63, 3.8) is 0 Å². The molecular weight excluding hydrogens is 284 g/mol. The van der Waals surface area contributed by atoms with Crippen LogP contribution in [-0.4, -0.2) is 14.5 Å². The van der Waals surface area contributed by atoms with Gasteiger partial charge in [-0.1, -0.05) is 0 Å². The van der Waals surface area contributed by atoms with Gasteiger partial charge in [0.2, 0.25) is 0 Å². The van der Waals surface area contributed by atoms with Crippen molar-refractivity contribution in [2.45, 2.75) is 33.7 Å². The molecule has 0 radical (unpaired) electrons. The van der Waals surface area contributed by atoms with Gasteiger partial charge in [0.05, 0.1) is 11.7 Å². The molecule has 3 nitrogen and oxygen atoms in total. The number of rotatable bonds is 2. The van der Waals surface area contributed by atoms with Gasteiger partial charge in [-0.2, -0.15) is 0 Å². The van der Waals surface area contributed by atoms with Crippen LogP contribution in [0.3, 0.4) is 0 Å². The number of benzene rings is 1. The van der Waals surface area contributed by atoms with Crippen molar-refractivity contribution in [1.29, 1.82) is 0 Å². The summed E-state index contributed by atoms with van der Waals surface area (Å²) < 4.78 is 30.4. The van der Waals surface area contributed by atoms with Crippen LogP contribution in [0.15, 0.2) is 24.4 Å². The van der Waals surface area contributed by atoms with Crippen LogP contribution in [0.5, 0.6) is 0 Å². The Morgan fingerprint density at radius 1 is 1.05 bits per heavy atom. The van der Waals surface area contributed by atoms with Crippen molar-refractivity contribution >= 4 is 11.0 Å². The largest absolute Gasteiger partial charge is 0.326 e. The van der Waals surface area contributed by atoms with Gasteiger partial charge in [-0.25, -0.2) is 13.8 Å². The topological polar surface area (TPSA) is 30.7 Å². The molecule has 0 aliphatic carbocycles. The van der Waals surface area contributed by atoms with E-state index < -0.39 is 11.6 Å². The highest BCUT2D eigenvalue weighted by Gasteiger charge is 2.17. The summed E-state index contributed by atoms with van der Waals surface area (Å²) in [5.74, 6) is -0.159. The van der Waals surface area contributed by atoms with Gasteiger partial charge in [0, 0.05) is 17.3 Å². The van der Waals surface area contributed by atoms with Crippen LogP contribution in [0.25, 0.3) is 22.2 Å². The minimum absolute atomic E-state index is 0.142. The predicted octanol–water partition coefficient (Wildman–Crippen LogP) is 4.57. The number of fused-ring (bicyclic) bond motifs is 1. The Morgan fingerprint density at radius 3 is 2.45 bits per heavy atom. The molecule has 0 spiro atoms. The van der Waals surface area contributed by atoms with E-state index in [0.29, 0.717) is 27.9 Å². The average molecular weight is 301 g/mol. The first-order chi connectivity index (χ1) is 10.4. The van der Waals surface area contributed by atoms with Gasteiger partial charge in [0.1, 0.15) is 17.2 Å². The minimum atomic E-state index is -0.461. The maximum atomic E-state index is 14.4. The van der Waals surface area contributed by atoms with Crippen LogP contribution < -0.4 is 0 Å². The summed E-state index contributed by atoms with van der Waals surface area (Å²) in [5.41, 5.74) is 2.53. The lowest BCUT2D eigenvalue weighted by atomic mass is 10.0. The van der Waals surface area contributed by atoms with E-state index in [0.717, 1.165) is 12.0 Å². The number of nitrogens with zero attached hydrogens (tertiary/aromatic N) is 3. The number of aryl methyl sites for hydroxylation is 2. The van der Waals surface area contributed by atoms with Gasteiger partial charge in [0.15, 0.2) is 5.82 Å². The normalized spacial score (nSPS) is 11.6. The van der Waals surface area contributed by atoms with Gasteiger partial charge in [-0.15, -0.1) is 0 Å². The van der Waals surface area contributed by atoms with Crippen LogP contribution in [0.1, 0.15) is 31.4 Å². The van der Waals surface area contributed by atoms with E-state index in [2.05, 4.69) is 9.97 Å². The second-order valence-corrected chi connectivity index (χ2v) is 5.75. The van der Waals surface area contributed by atoms with Gasteiger partial charge in [-0.3, -0.25) is 4.98 Å². The average Bonchev–Trinajstić information content (AvgIpc) is 2.78. The Hall–Kier alpha value is -2.30. The summed E-state index contributed by atoms with van der Waals surface area (Å²) >= 11 is 0. The quantitative estimate of drug-likeness (QED) is 0.694. The third-order valence-corrected chi connectivity index (χ3v) is 3.74. The summed E-state index contributed by atoms with van der Waals surface area (Å²) in [5, 5.41) is 0. The van der Waals surface area contributed by atoms with Crippen LogP contribution >= 0.6 is 0 Å². The fourth-order valence-corrected chi connectivity index (χ4v) is 2.84. The van der Waals surface area contributed by atoms with E-state index in [-0.39, 0.29) is 6.04 Å². The molecule has 0 aliphatic heterocycles. The number of imidazole rings is 1. The molecule has 2 heterocycles. The number of hydrogen-bond acceptors (Lipinski definition) is 2. The molecule has 0 unspecified atom stereocenters. The second kappa shape index (κ2) is 5.16. The van der Waals surface area contributed by atoms with Crippen molar-refractivity contribution in [1.82, 2.24) is 14.5 Å². The first-order valence-corrected chi connectivity index (χ1v) is 7.19. The third-order valence-electron chi connectivity index (χ3n) is 3.74. The molecular formula is C17H17F2N3. The first kappa shape index (κ1) is 14.6. The molecule has 2 aromatic heterocycles. The standard InChI is InChI=1S/C17H17F2N3/c1-9(2)22-11(4)21-17-14(18)6-12(7-16(17)22)13-5-10(3)20-8-15(13)19/h5-9H,1-4H3. The zero-order chi connectivity index (χ0) is 16.0. The molecule has 0 N–H and O–H groups in total. The molecule has 0 amide bonds. The van der Waals surface area contributed by atoms with Crippen LogP contribution in [-0.2, 0) is 0 Å². The summed E-state index contributed by atoms with van der Waals surface area (Å²) in [6.07, 6.45) is 1.16. The zero-order valence-corrected chi connectivity index (χ0v) is 13.0. The van der Waals surface area contributed by atoms with Crippen LogP contribution in [0.2, 0.25) is 0 Å². The summed E-state index contributed by atoms with van der Waals surface area (Å²) in [6.45, 7) is 7.64. The molecule has 22 heavy (non-hydrogen) atoms. The molecule has 5 heteroatoms. The maximum Gasteiger partial charge on any atom is 0.151 e. The lowest BCUT2D eigenvalue weighted by Gasteiger charge is -2.12. The zero-order valence-electron chi connectivity index (χ0n) is 13.0.